The topological polar surface area (TPSA) is 3.24 Å². The minimum absolute atomic E-state index is 1.16. The van der Waals surface area contributed by atoms with E-state index < -0.39 is 0 Å². The van der Waals surface area contributed by atoms with Crippen molar-refractivity contribution < 1.29 is 0 Å². The molecule has 0 atom stereocenters. The fraction of sp³-hybridized carbons (Fsp3) is 0.164. The van der Waals surface area contributed by atoms with Gasteiger partial charge in [0.05, 0.1) is 0 Å². The average molecular weight is 720 g/mol. The number of fused-ring (bicyclic) bond motifs is 8. The zero-order valence-corrected chi connectivity index (χ0v) is 32.1. The van der Waals surface area contributed by atoms with Crippen LogP contribution in [0.1, 0.15) is 53.5 Å². The van der Waals surface area contributed by atoms with Crippen molar-refractivity contribution in [2.75, 3.05) is 4.90 Å². The van der Waals surface area contributed by atoms with Crippen LogP contribution in [0.2, 0.25) is 0 Å². The number of rotatable bonds is 5. The van der Waals surface area contributed by atoms with E-state index in [2.05, 4.69) is 170 Å². The molecule has 0 amide bonds. The third kappa shape index (κ3) is 5.68. The smallest absolute Gasteiger partial charge is 0.0468 e. The van der Waals surface area contributed by atoms with E-state index in [0.29, 0.717) is 0 Å². The molecule has 270 valence electrons. The standard InChI is InChI=1S/C55H45N/c1-36-18-19-39-20-21-40-22-23-44(33-53(40)52(39)30-36)49-29-28-47(35-55(49)54-34-43-14-6-7-15-48(43)50-16-8-9-17-51(50)54)56(45-26-24-37-10-2-4-12-41(37)31-45)46-27-25-38-11-3-5-13-42(38)32-46/h6-9,14-35H,2-5,10-13H2,1H3. The van der Waals surface area contributed by atoms with Gasteiger partial charge in [-0.15, -0.1) is 0 Å². The summed E-state index contributed by atoms with van der Waals surface area (Å²) in [7, 11) is 0. The van der Waals surface area contributed by atoms with Crippen LogP contribution in [0, 0.1) is 6.92 Å². The first kappa shape index (κ1) is 33.2. The van der Waals surface area contributed by atoms with Gasteiger partial charge < -0.3 is 4.90 Å². The molecule has 9 aromatic carbocycles. The lowest BCUT2D eigenvalue weighted by Gasteiger charge is -2.30. The van der Waals surface area contributed by atoms with Crippen LogP contribution in [-0.2, 0) is 25.7 Å². The molecule has 0 bridgehead atoms. The second-order valence-electron chi connectivity index (χ2n) is 16.3. The Hall–Kier alpha value is -6.18. The normalized spacial score (nSPS) is 13.9. The monoisotopic (exact) mass is 719 g/mol. The highest BCUT2D eigenvalue weighted by molar-refractivity contribution is 6.15. The number of anilines is 3. The number of aryl methyl sites for hydroxylation is 5. The molecule has 0 unspecified atom stereocenters. The summed E-state index contributed by atoms with van der Waals surface area (Å²) in [6.07, 6.45) is 9.79. The van der Waals surface area contributed by atoms with Crippen molar-refractivity contribution in [3.8, 4) is 22.3 Å². The molecule has 0 saturated heterocycles. The van der Waals surface area contributed by atoms with Gasteiger partial charge in [-0.1, -0.05) is 115 Å². The Morgan fingerprint density at radius 3 is 1.61 bits per heavy atom. The maximum Gasteiger partial charge on any atom is 0.0468 e. The lowest BCUT2D eigenvalue weighted by molar-refractivity contribution is 0.685. The van der Waals surface area contributed by atoms with Gasteiger partial charge in [-0.25, -0.2) is 0 Å². The Bertz CT molecular complexity index is 2940. The summed E-state index contributed by atoms with van der Waals surface area (Å²) in [6.45, 7) is 2.20. The molecule has 0 aromatic heterocycles. The first-order valence-corrected chi connectivity index (χ1v) is 20.7. The second-order valence-corrected chi connectivity index (χ2v) is 16.3. The molecule has 1 heteroatoms. The lowest BCUT2D eigenvalue weighted by Crippen LogP contribution is -2.13. The van der Waals surface area contributed by atoms with Crippen molar-refractivity contribution in [1.82, 2.24) is 0 Å². The molecule has 0 radical (unpaired) electrons. The van der Waals surface area contributed by atoms with Gasteiger partial charge in [0.1, 0.15) is 0 Å². The molecule has 0 fully saturated rings. The Balaban J connectivity index is 1.19. The van der Waals surface area contributed by atoms with Crippen molar-refractivity contribution in [3.63, 3.8) is 0 Å². The summed E-state index contributed by atoms with van der Waals surface area (Å²) in [5, 5.41) is 10.3. The van der Waals surface area contributed by atoms with Crippen LogP contribution in [0.3, 0.4) is 0 Å². The number of nitrogens with zero attached hydrogens (tertiary/aromatic N) is 1. The average Bonchev–Trinajstić information content (AvgIpc) is 3.26. The van der Waals surface area contributed by atoms with Gasteiger partial charge in [0.2, 0.25) is 0 Å². The largest absolute Gasteiger partial charge is 0.310 e. The number of benzene rings is 9. The second kappa shape index (κ2) is 13.5. The molecule has 56 heavy (non-hydrogen) atoms. The Kier molecular flexibility index (Phi) is 8.02. The van der Waals surface area contributed by atoms with Gasteiger partial charge in [0.15, 0.2) is 0 Å². The molecule has 2 aliphatic rings. The SMILES string of the molecule is Cc1ccc2ccc3ccc(-c4ccc(N(c5ccc6c(c5)CCCC6)c5ccc6c(c5)CCCC6)cc4-c4cc5ccccc5c5ccccc45)cc3c2c1. The van der Waals surface area contributed by atoms with Crippen LogP contribution in [0.15, 0.2) is 158 Å². The van der Waals surface area contributed by atoms with Gasteiger partial charge in [-0.05, 0) is 194 Å². The van der Waals surface area contributed by atoms with Crippen LogP contribution in [0.25, 0.3) is 65.3 Å². The summed E-state index contributed by atoms with van der Waals surface area (Å²) in [5.74, 6) is 0. The lowest BCUT2D eigenvalue weighted by atomic mass is 9.87. The van der Waals surface area contributed by atoms with E-state index in [4.69, 9.17) is 0 Å². The molecule has 0 aliphatic heterocycles. The first-order valence-electron chi connectivity index (χ1n) is 20.7. The van der Waals surface area contributed by atoms with Crippen LogP contribution >= 0.6 is 0 Å². The highest BCUT2D eigenvalue weighted by Gasteiger charge is 2.22. The quantitative estimate of drug-likeness (QED) is 0.160. The van der Waals surface area contributed by atoms with E-state index in [-0.39, 0.29) is 0 Å². The molecule has 2 aliphatic carbocycles. The highest BCUT2D eigenvalue weighted by Crippen LogP contribution is 2.46. The van der Waals surface area contributed by atoms with Crippen LogP contribution in [0.5, 0.6) is 0 Å². The first-order chi connectivity index (χ1) is 27.6. The molecule has 0 saturated carbocycles. The van der Waals surface area contributed by atoms with E-state index in [1.807, 2.05) is 0 Å². The summed E-state index contributed by atoms with van der Waals surface area (Å²) < 4.78 is 0. The maximum atomic E-state index is 2.54. The number of hydrogen-bond acceptors (Lipinski definition) is 1. The Morgan fingerprint density at radius 2 is 0.893 bits per heavy atom. The molecule has 1 nitrogen and oxygen atoms in total. The van der Waals surface area contributed by atoms with Crippen molar-refractivity contribution in [2.45, 2.75) is 58.3 Å². The van der Waals surface area contributed by atoms with E-state index in [1.54, 1.807) is 0 Å². The van der Waals surface area contributed by atoms with Crippen LogP contribution in [0.4, 0.5) is 17.1 Å². The van der Waals surface area contributed by atoms with E-state index in [1.165, 1.54) is 149 Å². The molecule has 9 aromatic rings. The predicted molar refractivity (Wildman–Crippen MR) is 240 cm³/mol. The fourth-order valence-electron chi connectivity index (χ4n) is 9.92. The number of hydrogen-bond donors (Lipinski definition) is 0. The van der Waals surface area contributed by atoms with Crippen LogP contribution in [-0.4, -0.2) is 0 Å². The summed E-state index contributed by atoms with van der Waals surface area (Å²) in [6, 6.07) is 60.5. The van der Waals surface area contributed by atoms with Crippen molar-refractivity contribution in [1.29, 1.82) is 0 Å². The van der Waals surface area contributed by atoms with Crippen molar-refractivity contribution >= 4 is 60.2 Å². The van der Waals surface area contributed by atoms with E-state index in [0.717, 1.165) is 12.8 Å². The summed E-state index contributed by atoms with van der Waals surface area (Å²) >= 11 is 0. The minimum Gasteiger partial charge on any atom is -0.310 e. The van der Waals surface area contributed by atoms with Crippen molar-refractivity contribution in [3.05, 3.63) is 186 Å². The molecule has 0 N–H and O–H groups in total. The maximum absolute atomic E-state index is 2.54. The molecular formula is C55H45N. The molecule has 0 spiro atoms. The zero-order valence-electron chi connectivity index (χ0n) is 32.1. The van der Waals surface area contributed by atoms with Gasteiger partial charge in [0.25, 0.3) is 0 Å². The minimum atomic E-state index is 1.16. The predicted octanol–water partition coefficient (Wildman–Crippen LogP) is 15.2. The summed E-state index contributed by atoms with van der Waals surface area (Å²) in [5.41, 5.74) is 16.0. The van der Waals surface area contributed by atoms with E-state index >= 15 is 0 Å². The Morgan fingerprint density at radius 1 is 0.339 bits per heavy atom. The third-order valence-corrected chi connectivity index (χ3v) is 12.8. The Labute approximate surface area is 329 Å². The molecule has 11 rings (SSSR count). The third-order valence-electron chi connectivity index (χ3n) is 12.8. The van der Waals surface area contributed by atoms with Gasteiger partial charge in [0, 0.05) is 17.1 Å². The van der Waals surface area contributed by atoms with Gasteiger partial charge >= 0.3 is 0 Å². The fourth-order valence-corrected chi connectivity index (χ4v) is 9.92. The molecule has 0 heterocycles. The van der Waals surface area contributed by atoms with Gasteiger partial charge in [-0.3, -0.25) is 0 Å². The van der Waals surface area contributed by atoms with Gasteiger partial charge in [-0.2, -0.15) is 0 Å². The van der Waals surface area contributed by atoms with Crippen LogP contribution < -0.4 is 4.90 Å². The highest BCUT2D eigenvalue weighted by atomic mass is 15.1. The van der Waals surface area contributed by atoms with E-state index in [9.17, 15) is 0 Å². The van der Waals surface area contributed by atoms with Crippen molar-refractivity contribution in [2.24, 2.45) is 0 Å². The molecular weight excluding hydrogens is 675 g/mol. The zero-order chi connectivity index (χ0) is 37.2. The summed E-state index contributed by atoms with van der Waals surface area (Å²) in [4.78, 5) is 2.54.